The highest BCUT2D eigenvalue weighted by molar-refractivity contribution is 6.30. The number of piperazine rings is 1. The number of rotatable bonds is 5. The van der Waals surface area contributed by atoms with Crippen molar-refractivity contribution in [2.75, 3.05) is 44.8 Å². The fraction of sp³-hybridized carbons (Fsp3) is 0.321. The minimum absolute atomic E-state index is 0.209. The minimum atomic E-state index is -0.548. The van der Waals surface area contributed by atoms with Gasteiger partial charge in [0, 0.05) is 43.8 Å². The lowest BCUT2D eigenvalue weighted by Gasteiger charge is -2.38. The van der Waals surface area contributed by atoms with Crippen molar-refractivity contribution in [3.05, 3.63) is 76.5 Å². The second kappa shape index (κ2) is 10.3. The number of anilines is 1. The van der Waals surface area contributed by atoms with Crippen LogP contribution < -0.4 is 14.4 Å². The number of carbonyl (C=O) groups is 1. The molecule has 9 nitrogen and oxygen atoms in total. The first-order valence-corrected chi connectivity index (χ1v) is 13.0. The van der Waals surface area contributed by atoms with Gasteiger partial charge in [0.25, 0.3) is 0 Å². The Balaban J connectivity index is 1.13. The molecule has 2 aliphatic heterocycles. The number of hydrogen-bond donors (Lipinski definition) is 0. The quantitative estimate of drug-likeness (QED) is 0.338. The van der Waals surface area contributed by atoms with Crippen LogP contribution in [0, 0.1) is 5.82 Å². The summed E-state index contributed by atoms with van der Waals surface area (Å²) in [5.41, 5.74) is 3.03. The Labute approximate surface area is 229 Å². The number of nitrogens with zero attached hydrogens (tertiary/aromatic N) is 5. The molecule has 1 saturated heterocycles. The summed E-state index contributed by atoms with van der Waals surface area (Å²) >= 11 is 5.90. The molecule has 4 aromatic rings. The molecule has 39 heavy (non-hydrogen) atoms. The van der Waals surface area contributed by atoms with Gasteiger partial charge >= 0.3 is 5.97 Å². The van der Waals surface area contributed by atoms with Crippen molar-refractivity contribution in [3.63, 3.8) is 0 Å². The van der Waals surface area contributed by atoms with Crippen molar-refractivity contribution in [2.24, 2.45) is 7.05 Å². The fourth-order valence-electron chi connectivity index (χ4n) is 5.07. The molecule has 2 aromatic heterocycles. The van der Waals surface area contributed by atoms with Gasteiger partial charge in [0.15, 0.2) is 28.9 Å². The monoisotopic (exact) mass is 551 g/mol. The number of ether oxygens (including phenoxy) is 3. The average Bonchev–Trinajstić information content (AvgIpc) is 3.26. The summed E-state index contributed by atoms with van der Waals surface area (Å²) in [7, 11) is 3.25. The number of esters is 1. The van der Waals surface area contributed by atoms with Crippen molar-refractivity contribution in [1.82, 2.24) is 19.4 Å². The first kappa shape index (κ1) is 25.4. The summed E-state index contributed by atoms with van der Waals surface area (Å²) < 4.78 is 33.5. The second-order valence-electron chi connectivity index (χ2n) is 9.57. The van der Waals surface area contributed by atoms with E-state index in [0.29, 0.717) is 34.3 Å². The third kappa shape index (κ3) is 4.86. The Morgan fingerprint density at radius 3 is 2.72 bits per heavy atom. The molecule has 0 aliphatic carbocycles. The molecule has 202 valence electrons. The predicted molar refractivity (Wildman–Crippen MR) is 144 cm³/mol. The summed E-state index contributed by atoms with van der Waals surface area (Å²) in [5, 5.41) is 0.343. The Morgan fingerprint density at radius 2 is 1.95 bits per heavy atom. The number of para-hydroxylation sites is 1. The molecule has 1 atom stereocenters. The van der Waals surface area contributed by atoms with E-state index in [1.165, 1.54) is 13.2 Å². The fourth-order valence-corrected chi connectivity index (χ4v) is 5.23. The summed E-state index contributed by atoms with van der Waals surface area (Å²) in [6.07, 6.45) is -0.548. The summed E-state index contributed by atoms with van der Waals surface area (Å²) in [6, 6.07) is 13.8. The van der Waals surface area contributed by atoms with E-state index in [1.54, 1.807) is 24.3 Å². The molecule has 1 unspecified atom stereocenters. The molecule has 0 saturated carbocycles. The second-order valence-corrected chi connectivity index (χ2v) is 10.0. The lowest BCUT2D eigenvalue weighted by molar-refractivity contribution is 0.0594. The van der Waals surface area contributed by atoms with E-state index in [2.05, 4.69) is 14.8 Å². The van der Waals surface area contributed by atoms with E-state index >= 15 is 0 Å². The van der Waals surface area contributed by atoms with Crippen molar-refractivity contribution in [3.8, 4) is 11.5 Å². The van der Waals surface area contributed by atoms with Gasteiger partial charge < -0.3 is 23.7 Å². The van der Waals surface area contributed by atoms with Gasteiger partial charge in [0.1, 0.15) is 23.8 Å². The number of benzene rings is 2. The van der Waals surface area contributed by atoms with Gasteiger partial charge in [0.05, 0.1) is 19.3 Å². The molecule has 0 bridgehead atoms. The zero-order valence-electron chi connectivity index (χ0n) is 21.6. The predicted octanol–water partition coefficient (Wildman–Crippen LogP) is 4.38. The standard InChI is InChI=1S/C28H27ClFN5O4/c1-33-25(31-20-8-9-21(28(36)37-2)32-27(20)33)15-34-10-12-35(13-11-34)22-4-3-5-23-26(22)38-16-24(39-23)18-7-6-17(29)14-19(18)30/h3-9,14,24H,10-13,15-16H2,1-2H3. The minimum Gasteiger partial charge on any atom is -0.483 e. The number of imidazole rings is 1. The van der Waals surface area contributed by atoms with Crippen LogP contribution in [0.15, 0.2) is 48.5 Å². The molecule has 0 radical (unpaired) electrons. The Kier molecular flexibility index (Phi) is 6.74. The summed E-state index contributed by atoms with van der Waals surface area (Å²) in [4.78, 5) is 25.7. The SMILES string of the molecule is COC(=O)c1ccc2nc(CN3CCN(c4cccc5c4OCC(c4ccc(Cl)cc4F)O5)CC3)n(C)c2n1. The first-order valence-electron chi connectivity index (χ1n) is 12.7. The van der Waals surface area contributed by atoms with Crippen LogP contribution >= 0.6 is 11.6 Å². The maximum Gasteiger partial charge on any atom is 0.356 e. The number of methoxy groups -OCH3 is 1. The molecule has 11 heteroatoms. The number of aromatic nitrogens is 3. The number of fused-ring (bicyclic) bond motifs is 2. The van der Waals surface area contributed by atoms with Crippen LogP contribution in [0.3, 0.4) is 0 Å². The maximum atomic E-state index is 14.5. The molecule has 4 heterocycles. The zero-order chi connectivity index (χ0) is 27.1. The van der Waals surface area contributed by atoms with E-state index < -0.39 is 17.9 Å². The van der Waals surface area contributed by atoms with Gasteiger partial charge in [-0.15, -0.1) is 0 Å². The summed E-state index contributed by atoms with van der Waals surface area (Å²) in [6.45, 7) is 4.11. The molecule has 0 amide bonds. The van der Waals surface area contributed by atoms with E-state index in [9.17, 15) is 9.18 Å². The van der Waals surface area contributed by atoms with E-state index in [1.807, 2.05) is 29.8 Å². The Bertz CT molecular complexity index is 1550. The average molecular weight is 552 g/mol. The van der Waals surface area contributed by atoms with Gasteiger partial charge in [-0.1, -0.05) is 23.7 Å². The van der Waals surface area contributed by atoms with Gasteiger partial charge in [-0.2, -0.15) is 0 Å². The largest absolute Gasteiger partial charge is 0.483 e. The lowest BCUT2D eigenvalue weighted by Crippen LogP contribution is -2.46. The van der Waals surface area contributed by atoms with Gasteiger partial charge in [0.2, 0.25) is 0 Å². The normalized spacial score (nSPS) is 17.4. The van der Waals surface area contributed by atoms with Crippen LogP contribution in [-0.2, 0) is 18.3 Å². The molecular formula is C28H27ClFN5O4. The van der Waals surface area contributed by atoms with Crippen LogP contribution in [0.5, 0.6) is 11.5 Å². The first-order chi connectivity index (χ1) is 18.9. The van der Waals surface area contributed by atoms with Crippen molar-refractivity contribution in [1.29, 1.82) is 0 Å². The molecule has 0 N–H and O–H groups in total. The van der Waals surface area contributed by atoms with Gasteiger partial charge in [-0.05, 0) is 36.4 Å². The molecular weight excluding hydrogens is 525 g/mol. The van der Waals surface area contributed by atoms with Gasteiger partial charge in [-0.25, -0.2) is 19.2 Å². The topological polar surface area (TPSA) is 82.0 Å². The number of pyridine rings is 1. The Morgan fingerprint density at radius 1 is 1.13 bits per heavy atom. The van der Waals surface area contributed by atoms with Crippen LogP contribution in [0.1, 0.15) is 28.0 Å². The van der Waals surface area contributed by atoms with Crippen LogP contribution in [-0.4, -0.2) is 65.3 Å². The third-order valence-electron chi connectivity index (χ3n) is 7.20. The molecule has 0 spiro atoms. The van der Waals surface area contributed by atoms with Crippen LogP contribution in [0.4, 0.5) is 10.1 Å². The highest BCUT2D eigenvalue weighted by Gasteiger charge is 2.29. The molecule has 2 aliphatic rings. The molecule has 6 rings (SSSR count). The number of aryl methyl sites for hydroxylation is 1. The van der Waals surface area contributed by atoms with Crippen LogP contribution in [0.2, 0.25) is 5.02 Å². The lowest BCUT2D eigenvalue weighted by atomic mass is 10.1. The highest BCUT2D eigenvalue weighted by Crippen LogP contribution is 2.44. The number of carbonyl (C=O) groups excluding carboxylic acids is 1. The number of hydrogen-bond acceptors (Lipinski definition) is 8. The van der Waals surface area contributed by atoms with E-state index in [0.717, 1.165) is 43.2 Å². The third-order valence-corrected chi connectivity index (χ3v) is 7.43. The maximum absolute atomic E-state index is 14.5. The van der Waals surface area contributed by atoms with Crippen molar-refractivity contribution >= 4 is 34.4 Å². The molecule has 1 fully saturated rings. The molecule has 2 aromatic carbocycles. The van der Waals surface area contributed by atoms with Gasteiger partial charge in [-0.3, -0.25) is 4.90 Å². The van der Waals surface area contributed by atoms with Crippen molar-refractivity contribution in [2.45, 2.75) is 12.6 Å². The zero-order valence-corrected chi connectivity index (χ0v) is 22.3. The van der Waals surface area contributed by atoms with E-state index in [-0.39, 0.29) is 12.3 Å². The smallest absolute Gasteiger partial charge is 0.356 e. The Hall–Kier alpha value is -3.89. The highest BCUT2D eigenvalue weighted by atomic mass is 35.5. The van der Waals surface area contributed by atoms with E-state index in [4.69, 9.17) is 30.8 Å². The van der Waals surface area contributed by atoms with Crippen molar-refractivity contribution < 1.29 is 23.4 Å². The number of halogens is 2. The summed E-state index contributed by atoms with van der Waals surface area (Å²) in [5.74, 6) is 1.27. The van der Waals surface area contributed by atoms with Crippen LogP contribution in [0.25, 0.3) is 11.2 Å².